The van der Waals surface area contributed by atoms with E-state index in [0.29, 0.717) is 11.5 Å². The first kappa shape index (κ1) is 36.3. The average molecular weight is 938 g/mol. The second-order valence-corrected chi connectivity index (χ2v) is 14.4. The third kappa shape index (κ3) is 6.23. The van der Waals surface area contributed by atoms with Crippen molar-refractivity contribution in [1.82, 2.24) is 9.13 Å². The summed E-state index contributed by atoms with van der Waals surface area (Å²) in [4.78, 5) is 5.82. The van der Waals surface area contributed by atoms with Crippen molar-refractivity contribution in [3.05, 3.63) is 229 Å². The van der Waals surface area contributed by atoms with Crippen LogP contribution >= 0.6 is 0 Å². The SMILES string of the molecule is Cn1[c-][n+](-c2[c-]c(Oc3[c-]c4c(cc3)c3ccccc3n4C3=C(\c4ccccc4)c4ccccc4-c4ccccc4/C(c4ccccc4)=N\3)ccc2)c2ccccc21.[Pt]. The first-order valence-electron chi connectivity index (χ1n) is 19.4. The van der Waals surface area contributed by atoms with Crippen molar-refractivity contribution in [2.45, 2.75) is 0 Å². The number of ether oxygens (including phenoxy) is 1. The largest absolute Gasteiger partial charge is 0.510 e. The molecule has 0 amide bonds. The number of aromatic nitrogens is 3. The first-order valence-corrected chi connectivity index (χ1v) is 19.4. The van der Waals surface area contributed by atoms with Crippen LogP contribution in [0, 0.1) is 18.5 Å². The van der Waals surface area contributed by atoms with Gasteiger partial charge in [-0.15, -0.1) is 29.7 Å². The van der Waals surface area contributed by atoms with Crippen molar-refractivity contribution in [2.24, 2.45) is 12.0 Å². The number of aryl methyl sites for hydroxylation is 1. The summed E-state index contributed by atoms with van der Waals surface area (Å²) in [6, 6.07) is 72.5. The Kier molecular flexibility index (Phi) is 9.24. The zero-order valence-electron chi connectivity index (χ0n) is 31.9. The molecule has 6 heteroatoms. The van der Waals surface area contributed by atoms with Crippen molar-refractivity contribution in [1.29, 1.82) is 0 Å². The van der Waals surface area contributed by atoms with Crippen molar-refractivity contribution in [3.8, 4) is 28.3 Å². The molecule has 0 radical (unpaired) electrons. The molecule has 59 heavy (non-hydrogen) atoms. The summed E-state index contributed by atoms with van der Waals surface area (Å²) in [7, 11) is 2.00. The van der Waals surface area contributed by atoms with Crippen LogP contribution in [0.1, 0.15) is 22.3 Å². The molecular formula is C53H34N4OPt-2. The van der Waals surface area contributed by atoms with Gasteiger partial charge in [0.2, 0.25) is 6.33 Å². The Balaban J connectivity index is 0.00000420. The number of benzene rings is 8. The van der Waals surface area contributed by atoms with Crippen LogP contribution in [0.4, 0.5) is 0 Å². The van der Waals surface area contributed by atoms with E-state index in [2.05, 4.69) is 175 Å². The van der Waals surface area contributed by atoms with E-state index in [-0.39, 0.29) is 21.1 Å². The smallest absolute Gasteiger partial charge is 0.242 e. The van der Waals surface area contributed by atoms with Gasteiger partial charge in [-0.1, -0.05) is 163 Å². The molecule has 10 aromatic rings. The van der Waals surface area contributed by atoms with Gasteiger partial charge in [0.25, 0.3) is 0 Å². The monoisotopic (exact) mass is 937 g/mol. The van der Waals surface area contributed by atoms with E-state index in [9.17, 15) is 0 Å². The number of hydrogen-bond acceptors (Lipinski definition) is 2. The summed E-state index contributed by atoms with van der Waals surface area (Å²) in [6.07, 6.45) is 3.42. The number of aliphatic imine (C=N–C) groups is 1. The number of nitrogens with zero attached hydrogens (tertiary/aromatic N) is 4. The van der Waals surface area contributed by atoms with Crippen LogP contribution in [-0.2, 0) is 28.1 Å². The van der Waals surface area contributed by atoms with Gasteiger partial charge >= 0.3 is 0 Å². The molecule has 0 saturated heterocycles. The molecule has 0 fully saturated rings. The standard InChI is InChI=1S/C53H34N4O.Pt/c1-55-35-56(49-30-15-14-29-48(49)55)38-21-16-22-39(33-38)58-40-31-32-44-43-25-12-13-28-47(43)57(50(44)34-40)53-51(36-17-4-2-5-18-36)45-26-10-8-23-41(45)42-24-9-11-27-46(42)52(54-53)37-19-6-3-7-20-37;/h2-32H,1H3;/q-2;/b42-41?,51-45?,52-46?,53-51+,54-52-,54-53?;. The Morgan fingerprint density at radius 3 is 1.90 bits per heavy atom. The van der Waals surface area contributed by atoms with Crippen LogP contribution in [0.25, 0.3) is 61.0 Å². The third-order valence-electron chi connectivity index (χ3n) is 10.9. The number of para-hydroxylation sites is 3. The van der Waals surface area contributed by atoms with E-state index in [0.717, 1.165) is 89.0 Å². The molecule has 5 nitrogen and oxygen atoms in total. The van der Waals surface area contributed by atoms with E-state index in [4.69, 9.17) is 9.73 Å². The number of hydrogen-bond donors (Lipinski definition) is 0. The topological polar surface area (TPSA) is 35.3 Å². The van der Waals surface area contributed by atoms with Gasteiger partial charge in [0.15, 0.2) is 0 Å². The molecule has 0 spiro atoms. The predicted molar refractivity (Wildman–Crippen MR) is 233 cm³/mol. The van der Waals surface area contributed by atoms with Crippen molar-refractivity contribution in [2.75, 3.05) is 0 Å². The molecule has 8 aromatic carbocycles. The van der Waals surface area contributed by atoms with Crippen LogP contribution in [0.3, 0.4) is 0 Å². The van der Waals surface area contributed by atoms with Crippen LogP contribution in [0.5, 0.6) is 11.5 Å². The maximum Gasteiger partial charge on any atom is 0.242 e. The van der Waals surface area contributed by atoms with Crippen LogP contribution in [0.2, 0.25) is 0 Å². The zero-order valence-corrected chi connectivity index (χ0v) is 34.2. The van der Waals surface area contributed by atoms with Gasteiger partial charge in [0.05, 0.1) is 23.8 Å². The molecule has 3 heterocycles. The number of imidazole rings is 1. The number of fused-ring (bicyclic) bond motifs is 7. The van der Waals surface area contributed by atoms with Gasteiger partial charge in [0.1, 0.15) is 5.82 Å². The molecular weight excluding hydrogens is 904 g/mol. The van der Waals surface area contributed by atoms with E-state index in [1.54, 1.807) is 0 Å². The van der Waals surface area contributed by atoms with Gasteiger partial charge in [-0.25, -0.2) is 4.99 Å². The number of rotatable bonds is 6. The predicted octanol–water partition coefficient (Wildman–Crippen LogP) is 11.6. The first-order chi connectivity index (χ1) is 28.7. The minimum Gasteiger partial charge on any atom is -0.510 e. The van der Waals surface area contributed by atoms with Crippen LogP contribution in [0.15, 0.2) is 193 Å². The Hall–Kier alpha value is -7.07. The molecule has 2 aromatic heterocycles. The van der Waals surface area contributed by atoms with Crippen LogP contribution in [-0.4, -0.2) is 14.8 Å². The Bertz CT molecular complexity index is 3270. The summed E-state index contributed by atoms with van der Waals surface area (Å²) < 4.78 is 12.9. The van der Waals surface area contributed by atoms with Crippen molar-refractivity contribution in [3.63, 3.8) is 0 Å². The Labute approximate surface area is 356 Å². The van der Waals surface area contributed by atoms with Crippen molar-refractivity contribution >= 4 is 49.9 Å². The zero-order chi connectivity index (χ0) is 38.6. The molecule has 0 atom stereocenters. The maximum atomic E-state index is 6.64. The second-order valence-electron chi connectivity index (χ2n) is 14.4. The Morgan fingerprint density at radius 2 is 1.12 bits per heavy atom. The van der Waals surface area contributed by atoms with Gasteiger partial charge in [-0.3, -0.25) is 0 Å². The van der Waals surface area contributed by atoms with Gasteiger partial charge in [-0.05, 0) is 33.7 Å². The van der Waals surface area contributed by atoms with E-state index in [1.165, 1.54) is 0 Å². The minimum absolute atomic E-state index is 0. The molecule has 0 saturated carbocycles. The quantitative estimate of drug-likeness (QED) is 0.121. The fourth-order valence-corrected chi connectivity index (χ4v) is 8.35. The van der Waals surface area contributed by atoms with Gasteiger partial charge in [-0.2, -0.15) is 18.2 Å². The molecule has 0 aliphatic carbocycles. The molecule has 0 N–H and O–H groups in total. The second kappa shape index (κ2) is 15.0. The Morgan fingerprint density at radius 1 is 0.508 bits per heavy atom. The summed E-state index contributed by atoms with van der Waals surface area (Å²) in [6.45, 7) is 0. The summed E-state index contributed by atoms with van der Waals surface area (Å²) in [5.74, 6) is 1.94. The fourth-order valence-electron chi connectivity index (χ4n) is 8.35. The van der Waals surface area contributed by atoms with E-state index < -0.39 is 0 Å². The van der Waals surface area contributed by atoms with Gasteiger partial charge < -0.3 is 18.4 Å². The summed E-state index contributed by atoms with van der Waals surface area (Å²) >= 11 is 0. The van der Waals surface area contributed by atoms with E-state index >= 15 is 0 Å². The average Bonchev–Trinajstić information content (AvgIpc) is 3.79. The van der Waals surface area contributed by atoms with Crippen molar-refractivity contribution < 1.29 is 30.4 Å². The maximum absolute atomic E-state index is 6.64. The summed E-state index contributed by atoms with van der Waals surface area (Å²) in [5.41, 5.74) is 13.3. The minimum atomic E-state index is 0. The third-order valence-corrected chi connectivity index (χ3v) is 10.9. The molecule has 284 valence electrons. The van der Waals surface area contributed by atoms with E-state index in [1.807, 2.05) is 52.6 Å². The normalized spacial score (nSPS) is 14.5. The summed E-state index contributed by atoms with van der Waals surface area (Å²) in [5, 5.41) is 2.15. The molecule has 0 unspecified atom stereocenters. The fraction of sp³-hybridized carbons (Fsp3) is 0.0189. The van der Waals surface area contributed by atoms with Crippen LogP contribution < -0.4 is 9.30 Å². The van der Waals surface area contributed by atoms with Gasteiger partial charge in [0, 0.05) is 54.8 Å². The molecule has 0 bridgehead atoms. The molecule has 1 aliphatic rings. The molecule has 1 aliphatic heterocycles. The molecule has 11 rings (SSSR count).